The van der Waals surface area contributed by atoms with Crippen molar-refractivity contribution < 1.29 is 0 Å². The molecule has 0 radical (unpaired) electrons. The Kier molecular flexibility index (Phi) is 3.09. The van der Waals surface area contributed by atoms with Gasteiger partial charge in [0, 0.05) is 80.4 Å². The first-order chi connectivity index (χ1) is 16.3. The van der Waals surface area contributed by atoms with Crippen molar-refractivity contribution in [2.75, 3.05) is 0 Å². The Morgan fingerprint density at radius 3 is 0.939 bits per heavy atom. The molecule has 0 nitrogen and oxygen atoms in total. The Morgan fingerprint density at radius 1 is 0.394 bits per heavy atom. The van der Waals surface area contributed by atoms with Crippen molar-refractivity contribution in [1.82, 2.24) is 0 Å². The van der Waals surface area contributed by atoms with Gasteiger partial charge in [-0.15, -0.1) is 34.0 Å². The third kappa shape index (κ3) is 1.93. The Hall–Kier alpha value is -1.68. The fraction of sp³-hybridized carbons (Fsp3) is 0.400. The number of thiophene rings is 3. The molecule has 33 heavy (non-hydrogen) atoms. The molecule has 0 N–H and O–H groups in total. The van der Waals surface area contributed by atoms with Crippen LogP contribution in [0.3, 0.4) is 0 Å². The molecular weight excluding hydrogens is 457 g/mol. The average molecular weight is 481 g/mol. The normalized spacial score (nSPS) is 34.2. The van der Waals surface area contributed by atoms with Crippen LogP contribution in [0.5, 0.6) is 0 Å². The standard InChI is InChI=1S/C30H24S3/c1-7-16-8-2-13(1)19-22-28(31-25(16)19)23-20-14-5-11-18(12-6-14)27(20)33-30(23)24-21-15-3-9-17(10-4-15)26(21)32-29(22)24/h1,3,5,7,9,11,13-18H,2,4,6,8,10,12H2. The predicted octanol–water partition coefficient (Wildman–Crippen LogP) is 9.92. The average Bonchev–Trinajstić information content (AvgIpc) is 3.59. The summed E-state index contributed by atoms with van der Waals surface area (Å²) in [4.78, 5) is 5.17. The minimum absolute atomic E-state index is 0.652. The number of rotatable bonds is 0. The quantitative estimate of drug-likeness (QED) is 0.220. The van der Waals surface area contributed by atoms with Crippen molar-refractivity contribution in [2.24, 2.45) is 0 Å². The molecule has 162 valence electrons. The fourth-order valence-electron chi connectivity index (χ4n) is 8.36. The van der Waals surface area contributed by atoms with E-state index >= 15 is 0 Å². The zero-order chi connectivity index (χ0) is 21.0. The van der Waals surface area contributed by atoms with Gasteiger partial charge in [-0.1, -0.05) is 36.5 Å². The van der Waals surface area contributed by atoms with Crippen molar-refractivity contribution in [3.05, 3.63) is 67.8 Å². The van der Waals surface area contributed by atoms with E-state index in [0.29, 0.717) is 35.5 Å². The Labute approximate surface area is 205 Å². The van der Waals surface area contributed by atoms with E-state index < -0.39 is 0 Å². The monoisotopic (exact) mass is 480 g/mol. The first-order valence-corrected chi connectivity index (χ1v) is 15.4. The lowest BCUT2D eigenvalue weighted by Gasteiger charge is -2.31. The van der Waals surface area contributed by atoms with Crippen molar-refractivity contribution in [3.63, 3.8) is 0 Å². The van der Waals surface area contributed by atoms with Crippen LogP contribution < -0.4 is 0 Å². The minimum Gasteiger partial charge on any atom is -0.139 e. The van der Waals surface area contributed by atoms with Crippen LogP contribution in [0.1, 0.15) is 105 Å². The van der Waals surface area contributed by atoms with E-state index in [0.717, 1.165) is 0 Å². The summed E-state index contributed by atoms with van der Waals surface area (Å²) < 4.78 is 5.00. The van der Waals surface area contributed by atoms with Crippen LogP contribution in [0.2, 0.25) is 0 Å². The maximum atomic E-state index is 2.56. The third-order valence-corrected chi connectivity index (χ3v) is 13.9. The molecule has 0 saturated heterocycles. The first kappa shape index (κ1) is 17.7. The summed E-state index contributed by atoms with van der Waals surface area (Å²) >= 11 is 6.59. The van der Waals surface area contributed by atoms with E-state index in [1.807, 2.05) is 0 Å². The number of allylic oxidation sites excluding steroid dienone is 6. The van der Waals surface area contributed by atoms with Crippen LogP contribution in [0.4, 0.5) is 0 Å². The third-order valence-electron chi connectivity index (χ3n) is 9.82. The Morgan fingerprint density at radius 2 is 0.667 bits per heavy atom. The molecule has 1 aromatic carbocycles. The smallest absolute Gasteiger partial charge is 0.0453 e. The summed E-state index contributed by atoms with van der Waals surface area (Å²) in [6.45, 7) is 0. The molecule has 3 heterocycles. The van der Waals surface area contributed by atoms with Crippen LogP contribution in [0, 0.1) is 0 Å². The number of hydrogen-bond donors (Lipinski definition) is 0. The number of fused-ring (bicyclic) bond motifs is 9. The second kappa shape index (κ2) is 5.75. The SMILES string of the molecule is C1=CC2CCC1c1sc3c(c12)c1sc2c(c1c1sc4c(c31)C1C=CC4CC1)C1C=CC2CC1. The molecule has 6 unspecified atom stereocenters. The molecule has 9 aliphatic rings. The highest BCUT2D eigenvalue weighted by molar-refractivity contribution is 7.27. The molecule has 6 atom stereocenters. The lowest BCUT2D eigenvalue weighted by Crippen LogP contribution is -2.14. The zero-order valence-corrected chi connectivity index (χ0v) is 20.8. The summed E-state index contributed by atoms with van der Waals surface area (Å²) in [7, 11) is 0. The van der Waals surface area contributed by atoms with Crippen LogP contribution in [-0.4, -0.2) is 0 Å². The molecule has 0 fully saturated rings. The summed E-state index contributed by atoms with van der Waals surface area (Å²) in [5.41, 5.74) is 5.24. The first-order valence-electron chi connectivity index (χ1n) is 12.9. The van der Waals surface area contributed by atoms with E-state index in [9.17, 15) is 0 Å². The highest BCUT2D eigenvalue weighted by Gasteiger charge is 2.40. The maximum absolute atomic E-state index is 2.56. The Bertz CT molecular complexity index is 1440. The maximum Gasteiger partial charge on any atom is 0.0453 e. The van der Waals surface area contributed by atoms with Crippen molar-refractivity contribution in [3.8, 4) is 0 Å². The van der Waals surface area contributed by atoms with Gasteiger partial charge in [0.2, 0.25) is 0 Å². The van der Waals surface area contributed by atoms with E-state index in [2.05, 4.69) is 70.5 Å². The highest BCUT2D eigenvalue weighted by atomic mass is 32.1. The predicted molar refractivity (Wildman–Crippen MR) is 144 cm³/mol. The van der Waals surface area contributed by atoms with E-state index in [1.165, 1.54) is 38.5 Å². The van der Waals surface area contributed by atoms with E-state index in [-0.39, 0.29) is 0 Å². The molecule has 3 aromatic heterocycles. The van der Waals surface area contributed by atoms with Gasteiger partial charge in [-0.25, -0.2) is 0 Å². The molecule has 9 aliphatic carbocycles. The molecule has 4 aromatic rings. The van der Waals surface area contributed by atoms with Gasteiger partial charge in [0.15, 0.2) is 0 Å². The molecule has 0 amide bonds. The molecule has 0 spiro atoms. The topological polar surface area (TPSA) is 0 Å². The molecule has 0 saturated carbocycles. The van der Waals surface area contributed by atoms with Crippen LogP contribution >= 0.6 is 34.0 Å². The number of hydrogen-bond acceptors (Lipinski definition) is 3. The van der Waals surface area contributed by atoms with Crippen molar-refractivity contribution in [2.45, 2.75) is 74.0 Å². The highest BCUT2D eigenvalue weighted by Crippen LogP contribution is 2.63. The zero-order valence-electron chi connectivity index (χ0n) is 18.4. The molecule has 0 aliphatic heterocycles. The Balaban J connectivity index is 1.46. The number of benzene rings is 1. The molecule has 6 bridgehead atoms. The summed E-state index contributed by atoms with van der Waals surface area (Å²) in [6, 6.07) is 0. The minimum atomic E-state index is 0.652. The van der Waals surface area contributed by atoms with Gasteiger partial charge in [-0.05, 0) is 55.2 Å². The lowest BCUT2D eigenvalue weighted by atomic mass is 9.72. The second-order valence-electron chi connectivity index (χ2n) is 11.3. The van der Waals surface area contributed by atoms with Gasteiger partial charge in [-0.2, -0.15) is 0 Å². The fourth-order valence-corrected chi connectivity index (χ4v) is 13.2. The summed E-state index contributed by atoms with van der Waals surface area (Å²) in [5, 5.41) is 5.09. The van der Waals surface area contributed by atoms with E-state index in [4.69, 9.17) is 0 Å². The summed E-state index contributed by atoms with van der Waals surface area (Å²) in [6.07, 6.45) is 23.4. The second-order valence-corrected chi connectivity index (χ2v) is 14.4. The van der Waals surface area contributed by atoms with Crippen LogP contribution in [-0.2, 0) is 0 Å². The molecule has 13 rings (SSSR count). The molecular formula is C30H24S3. The largest absolute Gasteiger partial charge is 0.139 e. The van der Waals surface area contributed by atoms with Crippen LogP contribution in [0.15, 0.2) is 36.5 Å². The lowest BCUT2D eigenvalue weighted by molar-refractivity contribution is 0.565. The van der Waals surface area contributed by atoms with Crippen molar-refractivity contribution >= 4 is 64.3 Å². The van der Waals surface area contributed by atoms with Gasteiger partial charge in [-0.3, -0.25) is 0 Å². The van der Waals surface area contributed by atoms with Gasteiger partial charge in [0.05, 0.1) is 0 Å². The van der Waals surface area contributed by atoms with Gasteiger partial charge in [0.1, 0.15) is 0 Å². The molecule has 3 heteroatoms. The van der Waals surface area contributed by atoms with Gasteiger partial charge < -0.3 is 0 Å². The van der Waals surface area contributed by atoms with Gasteiger partial charge in [0.25, 0.3) is 0 Å². The summed E-state index contributed by atoms with van der Waals surface area (Å²) in [5.74, 6) is 3.97. The van der Waals surface area contributed by atoms with Crippen LogP contribution in [0.25, 0.3) is 30.3 Å². The van der Waals surface area contributed by atoms with Crippen molar-refractivity contribution in [1.29, 1.82) is 0 Å². The van der Waals surface area contributed by atoms with E-state index in [1.54, 1.807) is 61.6 Å². The van der Waals surface area contributed by atoms with Gasteiger partial charge >= 0.3 is 0 Å².